The number of aromatic amines is 1. The van der Waals surface area contributed by atoms with Crippen LogP contribution >= 0.6 is 12.2 Å². The molecule has 1 aromatic rings. The summed E-state index contributed by atoms with van der Waals surface area (Å²) in [6.45, 7) is 0. The maximum absolute atomic E-state index is 11.4. The van der Waals surface area contributed by atoms with Crippen LogP contribution in [0.25, 0.3) is 0 Å². The molecule has 0 unspecified atom stereocenters. The lowest BCUT2D eigenvalue weighted by Crippen LogP contribution is -2.26. The van der Waals surface area contributed by atoms with Gasteiger partial charge in [-0.05, 0) is 12.2 Å². The summed E-state index contributed by atoms with van der Waals surface area (Å²) in [6, 6.07) is 0. The van der Waals surface area contributed by atoms with Gasteiger partial charge in [-0.15, -0.1) is 0 Å². The quantitative estimate of drug-likeness (QED) is 0.520. The summed E-state index contributed by atoms with van der Waals surface area (Å²) < 4.78 is 5.84. The van der Waals surface area contributed by atoms with Crippen molar-refractivity contribution < 1.29 is 9.53 Å². The maximum atomic E-state index is 11.4. The highest BCUT2D eigenvalue weighted by atomic mass is 32.1. The molecule has 0 amide bonds. The second-order valence-electron chi connectivity index (χ2n) is 2.36. The average Bonchev–Trinajstić information content (AvgIpc) is 2.13. The number of methoxy groups -OCH3 is 1. The molecule has 0 saturated carbocycles. The van der Waals surface area contributed by atoms with Crippen LogP contribution in [0.4, 0.5) is 0 Å². The molecule has 0 aliphatic heterocycles. The van der Waals surface area contributed by atoms with Crippen LogP contribution in [0.2, 0.25) is 0 Å². The fourth-order valence-corrected chi connectivity index (χ4v) is 0.963. The molecule has 6 heteroatoms. The zero-order valence-electron chi connectivity index (χ0n) is 7.16. The molecule has 0 aromatic carbocycles. The second-order valence-corrected chi connectivity index (χ2v) is 2.75. The SMILES string of the molecule is COC(=O)c1c[nH]c(=S)n(C)c1=O. The molecule has 0 bridgehead atoms. The number of hydrogen-bond acceptors (Lipinski definition) is 4. The third-order valence-corrected chi connectivity index (χ3v) is 1.98. The maximum Gasteiger partial charge on any atom is 0.345 e. The van der Waals surface area contributed by atoms with Gasteiger partial charge < -0.3 is 9.72 Å². The summed E-state index contributed by atoms with van der Waals surface area (Å²) in [5.74, 6) is -0.674. The Balaban J connectivity index is 3.44. The van der Waals surface area contributed by atoms with Crippen molar-refractivity contribution in [3.8, 4) is 0 Å². The van der Waals surface area contributed by atoms with Crippen LogP contribution in [0.15, 0.2) is 11.0 Å². The Hall–Kier alpha value is -1.43. The van der Waals surface area contributed by atoms with Gasteiger partial charge in [-0.3, -0.25) is 9.36 Å². The highest BCUT2D eigenvalue weighted by Crippen LogP contribution is 1.91. The minimum Gasteiger partial charge on any atom is -0.465 e. The van der Waals surface area contributed by atoms with E-state index in [-0.39, 0.29) is 10.3 Å². The van der Waals surface area contributed by atoms with Gasteiger partial charge in [-0.2, -0.15) is 0 Å². The van der Waals surface area contributed by atoms with Gasteiger partial charge in [-0.1, -0.05) is 0 Å². The van der Waals surface area contributed by atoms with Crippen LogP contribution in [0.3, 0.4) is 0 Å². The Morgan fingerprint density at radius 2 is 2.31 bits per heavy atom. The van der Waals surface area contributed by atoms with E-state index in [9.17, 15) is 9.59 Å². The number of nitrogens with zero attached hydrogens (tertiary/aromatic N) is 1. The van der Waals surface area contributed by atoms with Crippen molar-refractivity contribution in [1.82, 2.24) is 9.55 Å². The molecule has 13 heavy (non-hydrogen) atoms. The van der Waals surface area contributed by atoms with Crippen molar-refractivity contribution in [1.29, 1.82) is 0 Å². The molecule has 0 atom stereocenters. The molecule has 1 rings (SSSR count). The molecule has 0 aliphatic carbocycles. The Morgan fingerprint density at radius 1 is 1.69 bits per heavy atom. The summed E-state index contributed by atoms with van der Waals surface area (Å²) in [5, 5.41) is 0. The molecule has 0 fully saturated rings. The summed E-state index contributed by atoms with van der Waals surface area (Å²) in [5.41, 5.74) is -0.519. The molecule has 1 aromatic heterocycles. The van der Waals surface area contributed by atoms with Crippen molar-refractivity contribution in [2.45, 2.75) is 0 Å². The van der Waals surface area contributed by atoms with Crippen molar-refractivity contribution >= 4 is 18.2 Å². The van der Waals surface area contributed by atoms with Gasteiger partial charge in [0.15, 0.2) is 4.77 Å². The van der Waals surface area contributed by atoms with Crippen LogP contribution < -0.4 is 5.56 Å². The molecule has 5 nitrogen and oxygen atoms in total. The molecule has 0 saturated heterocycles. The smallest absolute Gasteiger partial charge is 0.345 e. The summed E-state index contributed by atoms with van der Waals surface area (Å²) in [7, 11) is 2.69. The summed E-state index contributed by atoms with van der Waals surface area (Å²) >= 11 is 4.78. The Kier molecular flexibility index (Phi) is 2.62. The molecule has 1 N–H and O–H groups in total. The highest BCUT2D eigenvalue weighted by molar-refractivity contribution is 7.71. The largest absolute Gasteiger partial charge is 0.465 e. The Morgan fingerprint density at radius 3 is 2.85 bits per heavy atom. The van der Waals surface area contributed by atoms with Crippen LogP contribution in [0.1, 0.15) is 10.4 Å². The van der Waals surface area contributed by atoms with E-state index >= 15 is 0 Å². The number of H-pyrrole nitrogens is 1. The first-order valence-electron chi connectivity index (χ1n) is 3.45. The van der Waals surface area contributed by atoms with E-state index in [4.69, 9.17) is 12.2 Å². The normalized spacial score (nSPS) is 9.69. The highest BCUT2D eigenvalue weighted by Gasteiger charge is 2.11. The molecule has 0 radical (unpaired) electrons. The fourth-order valence-electron chi connectivity index (χ4n) is 0.822. The molecule has 70 valence electrons. The third-order valence-electron chi connectivity index (χ3n) is 1.58. The summed E-state index contributed by atoms with van der Waals surface area (Å²) in [6.07, 6.45) is 1.25. The minimum absolute atomic E-state index is 0.0569. The molecule has 0 aliphatic rings. The lowest BCUT2D eigenvalue weighted by molar-refractivity contribution is 0.0597. The van der Waals surface area contributed by atoms with Crippen molar-refractivity contribution in [3.05, 3.63) is 26.9 Å². The van der Waals surface area contributed by atoms with E-state index in [2.05, 4.69) is 9.72 Å². The monoisotopic (exact) mass is 200 g/mol. The van der Waals surface area contributed by atoms with Crippen LogP contribution in [-0.4, -0.2) is 22.6 Å². The predicted molar refractivity (Wildman–Crippen MR) is 48.2 cm³/mol. The van der Waals surface area contributed by atoms with E-state index in [1.54, 1.807) is 0 Å². The molecule has 1 heterocycles. The Bertz CT molecular complexity index is 446. The van der Waals surface area contributed by atoms with Gasteiger partial charge in [0.1, 0.15) is 5.56 Å². The fraction of sp³-hybridized carbons (Fsp3) is 0.286. The van der Waals surface area contributed by atoms with Crippen molar-refractivity contribution in [2.24, 2.45) is 7.05 Å². The number of carbonyl (C=O) groups excluding carboxylic acids is 1. The topological polar surface area (TPSA) is 64.1 Å². The second kappa shape index (κ2) is 3.53. The minimum atomic E-state index is -0.674. The van der Waals surface area contributed by atoms with Gasteiger partial charge in [-0.25, -0.2) is 4.79 Å². The molecule has 0 spiro atoms. The van der Waals surface area contributed by atoms with Gasteiger partial charge in [0.05, 0.1) is 7.11 Å². The molecular weight excluding hydrogens is 192 g/mol. The van der Waals surface area contributed by atoms with Crippen molar-refractivity contribution in [3.63, 3.8) is 0 Å². The number of nitrogens with one attached hydrogen (secondary N) is 1. The first-order chi connectivity index (χ1) is 6.07. The predicted octanol–water partition coefficient (Wildman–Crippen LogP) is 0.229. The molecular formula is C7H8N2O3S. The van der Waals surface area contributed by atoms with Crippen molar-refractivity contribution in [2.75, 3.05) is 7.11 Å². The number of aromatic nitrogens is 2. The number of rotatable bonds is 1. The zero-order chi connectivity index (χ0) is 10.0. The van der Waals surface area contributed by atoms with E-state index in [0.717, 1.165) is 0 Å². The summed E-state index contributed by atoms with van der Waals surface area (Å²) in [4.78, 5) is 25.0. The van der Waals surface area contributed by atoms with Gasteiger partial charge in [0.2, 0.25) is 0 Å². The number of hydrogen-bond donors (Lipinski definition) is 1. The number of esters is 1. The standard InChI is InChI=1S/C7H8N2O3S/c1-9-5(10)4(6(11)12-2)3-8-7(9)13/h3H,1-2H3,(H,8,13). The zero-order valence-corrected chi connectivity index (χ0v) is 7.97. The Labute approximate surface area is 79.0 Å². The first-order valence-corrected chi connectivity index (χ1v) is 3.85. The average molecular weight is 200 g/mol. The third kappa shape index (κ3) is 1.67. The lowest BCUT2D eigenvalue weighted by atomic mass is 10.3. The lowest BCUT2D eigenvalue weighted by Gasteiger charge is -2.00. The van der Waals surface area contributed by atoms with Crippen LogP contribution in [0.5, 0.6) is 0 Å². The van der Waals surface area contributed by atoms with Crippen LogP contribution in [-0.2, 0) is 11.8 Å². The van der Waals surface area contributed by atoms with E-state index in [1.165, 1.54) is 24.9 Å². The first kappa shape index (κ1) is 9.66. The number of carbonyl (C=O) groups is 1. The van der Waals surface area contributed by atoms with Gasteiger partial charge >= 0.3 is 5.97 Å². The van der Waals surface area contributed by atoms with Gasteiger partial charge in [0, 0.05) is 13.2 Å². The van der Waals surface area contributed by atoms with Crippen LogP contribution in [0, 0.1) is 4.77 Å². The number of ether oxygens (including phenoxy) is 1. The van der Waals surface area contributed by atoms with E-state index in [0.29, 0.717) is 0 Å². The van der Waals surface area contributed by atoms with E-state index < -0.39 is 11.5 Å². The van der Waals surface area contributed by atoms with E-state index in [1.807, 2.05) is 0 Å². The van der Waals surface area contributed by atoms with Gasteiger partial charge in [0.25, 0.3) is 5.56 Å².